The molecule has 1 heterocycles. The summed E-state index contributed by atoms with van der Waals surface area (Å²) >= 11 is 0. The summed E-state index contributed by atoms with van der Waals surface area (Å²) in [5.41, 5.74) is 2.39. The summed E-state index contributed by atoms with van der Waals surface area (Å²) < 4.78 is 0. The summed E-state index contributed by atoms with van der Waals surface area (Å²) in [5, 5.41) is 22.1. The third-order valence-corrected chi connectivity index (χ3v) is 6.51. The number of likely N-dealkylation sites (tertiary alicyclic amines) is 1. The molecule has 1 atom stereocenters. The number of ketones is 1. The number of piperidine rings is 1. The largest absolute Gasteiger partial charge is 0.385 e. The summed E-state index contributed by atoms with van der Waals surface area (Å²) in [4.78, 5) is 14.6. The Morgan fingerprint density at radius 1 is 0.875 bits per heavy atom. The summed E-state index contributed by atoms with van der Waals surface area (Å²) in [7, 11) is 0. The summed E-state index contributed by atoms with van der Waals surface area (Å²) in [5.74, 6) is 0.188. The second kappa shape index (κ2) is 10.2. The van der Waals surface area contributed by atoms with E-state index in [1.54, 1.807) is 0 Å². The van der Waals surface area contributed by atoms with Crippen LogP contribution in [0.25, 0.3) is 0 Å². The van der Waals surface area contributed by atoms with Crippen LogP contribution in [0.2, 0.25) is 0 Å². The minimum Gasteiger partial charge on any atom is -0.385 e. The second-order valence-corrected chi connectivity index (χ2v) is 8.70. The number of carbonyl (C=O) groups excluding carboxylic acids is 1. The first-order valence-electron chi connectivity index (χ1n) is 11.4. The molecular weight excluding hydrogens is 398 g/mol. The van der Waals surface area contributed by atoms with Gasteiger partial charge >= 0.3 is 0 Å². The van der Waals surface area contributed by atoms with Crippen molar-refractivity contribution >= 4 is 5.78 Å². The lowest BCUT2D eigenvalue weighted by Crippen LogP contribution is -2.43. The van der Waals surface area contributed by atoms with Gasteiger partial charge in [0.15, 0.2) is 5.78 Å². The number of carbonyl (C=O) groups is 1. The average molecular weight is 430 g/mol. The van der Waals surface area contributed by atoms with Gasteiger partial charge in [-0.15, -0.1) is 0 Å². The number of benzene rings is 3. The molecule has 0 spiro atoms. The van der Waals surface area contributed by atoms with Gasteiger partial charge in [0.25, 0.3) is 0 Å². The van der Waals surface area contributed by atoms with Crippen LogP contribution in [0.1, 0.15) is 58.8 Å². The number of nitrogens with zero attached hydrogens (tertiary/aromatic N) is 1. The topological polar surface area (TPSA) is 60.8 Å². The molecule has 4 nitrogen and oxygen atoms in total. The van der Waals surface area contributed by atoms with Crippen LogP contribution >= 0.6 is 0 Å². The highest BCUT2D eigenvalue weighted by Crippen LogP contribution is 2.35. The van der Waals surface area contributed by atoms with Crippen molar-refractivity contribution in [2.45, 2.75) is 37.4 Å². The Labute approximate surface area is 190 Å². The van der Waals surface area contributed by atoms with E-state index >= 15 is 0 Å². The Kier molecular flexibility index (Phi) is 7.15. The molecule has 0 radical (unpaired) electrons. The highest BCUT2D eigenvalue weighted by atomic mass is 16.3. The SMILES string of the molecule is O=C(CCCN1CCC(O)(c2cccc(C(O)c3ccccc3)c2)CC1)c1ccccc1. The molecule has 0 aliphatic carbocycles. The Bertz CT molecular complexity index is 1010. The minimum atomic E-state index is -0.886. The van der Waals surface area contributed by atoms with Crippen molar-refractivity contribution < 1.29 is 15.0 Å². The van der Waals surface area contributed by atoms with Gasteiger partial charge in [0.2, 0.25) is 0 Å². The number of hydrogen-bond donors (Lipinski definition) is 2. The van der Waals surface area contributed by atoms with Gasteiger partial charge < -0.3 is 15.1 Å². The lowest BCUT2D eigenvalue weighted by Gasteiger charge is -2.38. The van der Waals surface area contributed by atoms with E-state index in [9.17, 15) is 15.0 Å². The maximum Gasteiger partial charge on any atom is 0.162 e. The summed E-state index contributed by atoms with van der Waals surface area (Å²) in [6.07, 6.45) is 1.95. The van der Waals surface area contributed by atoms with Crippen LogP contribution in [-0.4, -0.2) is 40.5 Å². The van der Waals surface area contributed by atoms with Gasteiger partial charge in [-0.05, 0) is 48.6 Å². The van der Waals surface area contributed by atoms with Crippen LogP contribution in [0.4, 0.5) is 0 Å². The Morgan fingerprint density at radius 2 is 1.50 bits per heavy atom. The minimum absolute atomic E-state index is 0.188. The van der Waals surface area contributed by atoms with E-state index in [0.717, 1.165) is 48.3 Å². The molecule has 166 valence electrons. The van der Waals surface area contributed by atoms with E-state index < -0.39 is 11.7 Å². The van der Waals surface area contributed by atoms with Crippen LogP contribution in [0, 0.1) is 0 Å². The Morgan fingerprint density at radius 3 is 2.19 bits per heavy atom. The van der Waals surface area contributed by atoms with E-state index in [4.69, 9.17) is 0 Å². The first-order chi connectivity index (χ1) is 15.5. The van der Waals surface area contributed by atoms with Gasteiger partial charge in [-0.2, -0.15) is 0 Å². The van der Waals surface area contributed by atoms with Gasteiger partial charge in [0, 0.05) is 25.1 Å². The van der Waals surface area contributed by atoms with Crippen LogP contribution in [0.15, 0.2) is 84.9 Å². The number of rotatable bonds is 8. The average Bonchev–Trinajstić information content (AvgIpc) is 2.86. The van der Waals surface area contributed by atoms with Gasteiger partial charge in [-0.25, -0.2) is 0 Å². The van der Waals surface area contributed by atoms with Gasteiger partial charge in [-0.1, -0.05) is 78.9 Å². The van der Waals surface area contributed by atoms with Crippen LogP contribution in [-0.2, 0) is 5.60 Å². The van der Waals surface area contributed by atoms with Gasteiger partial charge in [-0.3, -0.25) is 4.79 Å². The van der Waals surface area contributed by atoms with Crippen molar-refractivity contribution in [3.8, 4) is 0 Å². The van der Waals surface area contributed by atoms with Crippen LogP contribution < -0.4 is 0 Å². The van der Waals surface area contributed by atoms with Gasteiger partial charge in [0.05, 0.1) is 5.60 Å². The smallest absolute Gasteiger partial charge is 0.162 e. The number of aliphatic hydroxyl groups is 2. The standard InChI is InChI=1S/C28H31NO3/c30-26(22-9-3-1-4-10-22)15-8-18-29-19-16-28(32,17-20-29)25-14-7-13-24(21-25)27(31)23-11-5-2-6-12-23/h1-7,9-14,21,27,31-32H,8,15-20H2. The van der Waals surface area contributed by atoms with Crippen molar-refractivity contribution in [2.75, 3.05) is 19.6 Å². The van der Waals surface area contributed by atoms with Crippen molar-refractivity contribution in [2.24, 2.45) is 0 Å². The molecule has 4 heteroatoms. The normalized spacial score (nSPS) is 17.1. The molecule has 1 fully saturated rings. The molecule has 1 aliphatic rings. The second-order valence-electron chi connectivity index (χ2n) is 8.70. The number of aliphatic hydroxyl groups excluding tert-OH is 1. The van der Waals surface area contributed by atoms with Crippen molar-refractivity contribution in [1.82, 2.24) is 4.90 Å². The molecule has 0 saturated carbocycles. The Hall–Kier alpha value is -2.79. The monoisotopic (exact) mass is 429 g/mol. The lowest BCUT2D eigenvalue weighted by molar-refractivity contribution is -0.0261. The fourth-order valence-corrected chi connectivity index (χ4v) is 4.49. The highest BCUT2D eigenvalue weighted by Gasteiger charge is 2.34. The third kappa shape index (κ3) is 5.33. The van der Waals surface area contributed by atoms with Crippen LogP contribution in [0.3, 0.4) is 0 Å². The molecule has 1 saturated heterocycles. The highest BCUT2D eigenvalue weighted by molar-refractivity contribution is 5.95. The molecule has 3 aromatic rings. The van der Waals surface area contributed by atoms with Crippen molar-refractivity contribution in [1.29, 1.82) is 0 Å². The predicted molar refractivity (Wildman–Crippen MR) is 127 cm³/mol. The Balaban J connectivity index is 1.31. The molecule has 0 amide bonds. The van der Waals surface area contributed by atoms with Crippen molar-refractivity contribution in [3.05, 3.63) is 107 Å². The summed E-state index contributed by atoms with van der Waals surface area (Å²) in [6, 6.07) is 26.7. The van der Waals surface area contributed by atoms with E-state index in [0.29, 0.717) is 19.3 Å². The molecule has 0 bridgehead atoms. The zero-order valence-corrected chi connectivity index (χ0v) is 18.4. The maximum absolute atomic E-state index is 12.3. The lowest BCUT2D eigenvalue weighted by atomic mass is 9.83. The molecule has 4 rings (SSSR count). The molecular formula is C28H31NO3. The summed E-state index contributed by atoms with van der Waals surface area (Å²) in [6.45, 7) is 2.45. The van der Waals surface area contributed by atoms with E-state index in [-0.39, 0.29) is 5.78 Å². The molecule has 32 heavy (non-hydrogen) atoms. The van der Waals surface area contributed by atoms with Crippen molar-refractivity contribution in [3.63, 3.8) is 0 Å². The zero-order chi connectivity index (χ0) is 22.4. The molecule has 0 aromatic heterocycles. The predicted octanol–water partition coefficient (Wildman–Crippen LogP) is 4.71. The van der Waals surface area contributed by atoms with E-state index in [2.05, 4.69) is 4.90 Å². The molecule has 1 aliphatic heterocycles. The van der Waals surface area contributed by atoms with Gasteiger partial charge in [0.1, 0.15) is 6.10 Å². The third-order valence-electron chi connectivity index (χ3n) is 6.51. The fraction of sp³-hybridized carbons (Fsp3) is 0.321. The zero-order valence-electron chi connectivity index (χ0n) is 18.4. The van der Waals surface area contributed by atoms with Crippen LogP contribution in [0.5, 0.6) is 0 Å². The molecule has 1 unspecified atom stereocenters. The molecule has 3 aromatic carbocycles. The first kappa shape index (κ1) is 22.4. The maximum atomic E-state index is 12.3. The number of hydrogen-bond acceptors (Lipinski definition) is 4. The first-order valence-corrected chi connectivity index (χ1v) is 11.4. The molecule has 2 N–H and O–H groups in total. The quantitative estimate of drug-likeness (QED) is 0.509. The fourth-order valence-electron chi connectivity index (χ4n) is 4.49. The van der Waals surface area contributed by atoms with E-state index in [1.807, 2.05) is 84.9 Å². The van der Waals surface area contributed by atoms with E-state index in [1.165, 1.54) is 0 Å². The number of Topliss-reactive ketones (excluding diaryl/α,β-unsaturated/α-hetero) is 1.